The van der Waals surface area contributed by atoms with Crippen LogP contribution in [0, 0.1) is 12.8 Å². The fraction of sp³-hybridized carbons (Fsp3) is 0.562. The van der Waals surface area contributed by atoms with Crippen LogP contribution < -0.4 is 10.6 Å². The van der Waals surface area contributed by atoms with Crippen molar-refractivity contribution in [2.75, 3.05) is 18.4 Å². The van der Waals surface area contributed by atoms with Crippen molar-refractivity contribution in [1.29, 1.82) is 0 Å². The molecule has 1 fully saturated rings. The molecule has 1 aromatic rings. The van der Waals surface area contributed by atoms with E-state index in [9.17, 15) is 4.79 Å². The first-order valence-corrected chi connectivity index (χ1v) is 8.21. The van der Waals surface area contributed by atoms with Crippen LogP contribution in [0.3, 0.4) is 0 Å². The third kappa shape index (κ3) is 6.37. The van der Waals surface area contributed by atoms with Gasteiger partial charge < -0.3 is 10.6 Å². The van der Waals surface area contributed by atoms with E-state index in [1.165, 1.54) is 37.7 Å². The summed E-state index contributed by atoms with van der Waals surface area (Å²) in [6.45, 7) is 3.38. The Bertz CT molecular complexity index is 462. The maximum atomic E-state index is 11.9. The lowest BCUT2D eigenvalue weighted by molar-refractivity contribution is -0.115. The Kier molecular flexibility index (Phi) is 8.30. The van der Waals surface area contributed by atoms with Gasteiger partial charge in [0.15, 0.2) is 0 Å². The van der Waals surface area contributed by atoms with Crippen LogP contribution in [0.15, 0.2) is 22.7 Å². The van der Waals surface area contributed by atoms with Gasteiger partial charge in [0.2, 0.25) is 5.91 Å². The van der Waals surface area contributed by atoms with Crippen LogP contribution in [-0.2, 0) is 4.79 Å². The van der Waals surface area contributed by atoms with Gasteiger partial charge in [-0.2, -0.15) is 0 Å². The highest BCUT2D eigenvalue weighted by Gasteiger charge is 2.13. The van der Waals surface area contributed by atoms with Crippen LogP contribution >= 0.6 is 28.3 Å². The van der Waals surface area contributed by atoms with Crippen LogP contribution in [0.5, 0.6) is 0 Å². The molecule has 0 atom stereocenters. The molecular weight excluding hydrogens is 352 g/mol. The number of rotatable bonds is 5. The van der Waals surface area contributed by atoms with Gasteiger partial charge in [-0.15, -0.1) is 12.4 Å². The van der Waals surface area contributed by atoms with E-state index in [1.807, 2.05) is 25.1 Å². The van der Waals surface area contributed by atoms with Crippen LogP contribution in [0.25, 0.3) is 0 Å². The summed E-state index contributed by atoms with van der Waals surface area (Å²) in [6, 6.07) is 5.86. The first kappa shape index (κ1) is 18.5. The van der Waals surface area contributed by atoms with Gasteiger partial charge in [-0.05, 0) is 49.9 Å². The molecule has 0 spiro atoms. The Hall–Kier alpha value is -0.580. The summed E-state index contributed by atoms with van der Waals surface area (Å²) >= 11 is 3.47. The SMILES string of the molecule is Cc1ccc(NC(=O)CNCC2CCCCC2)cc1Br.Cl. The van der Waals surface area contributed by atoms with Crippen molar-refractivity contribution in [2.24, 2.45) is 5.92 Å². The number of carbonyl (C=O) groups is 1. The third-order valence-corrected chi connectivity index (χ3v) is 4.75. The summed E-state index contributed by atoms with van der Waals surface area (Å²) in [7, 11) is 0. The Morgan fingerprint density at radius 3 is 2.67 bits per heavy atom. The average Bonchev–Trinajstić information content (AvgIpc) is 2.44. The Morgan fingerprint density at radius 1 is 1.29 bits per heavy atom. The summed E-state index contributed by atoms with van der Waals surface area (Å²) in [4.78, 5) is 11.9. The van der Waals surface area contributed by atoms with Crippen LogP contribution in [0.4, 0.5) is 5.69 Å². The topological polar surface area (TPSA) is 41.1 Å². The fourth-order valence-electron chi connectivity index (χ4n) is 2.66. The molecule has 0 unspecified atom stereocenters. The maximum absolute atomic E-state index is 11.9. The van der Waals surface area contributed by atoms with Gasteiger partial charge in [0.1, 0.15) is 0 Å². The third-order valence-electron chi connectivity index (χ3n) is 3.90. The zero-order chi connectivity index (χ0) is 14.4. The van der Waals surface area contributed by atoms with Crippen molar-refractivity contribution >= 4 is 39.9 Å². The maximum Gasteiger partial charge on any atom is 0.238 e. The molecular formula is C16H24BrClN2O. The number of amides is 1. The molecule has 1 aromatic carbocycles. The molecule has 0 bridgehead atoms. The van der Waals surface area contributed by atoms with E-state index in [1.54, 1.807) is 0 Å². The van der Waals surface area contributed by atoms with Crippen molar-refractivity contribution in [3.05, 3.63) is 28.2 Å². The molecule has 1 aliphatic rings. The standard InChI is InChI=1S/C16H23BrN2O.ClH/c1-12-7-8-14(9-15(12)17)19-16(20)11-18-10-13-5-3-2-4-6-13;/h7-9,13,18H,2-6,10-11H2,1H3,(H,19,20);1H. The van der Waals surface area contributed by atoms with Crippen LogP contribution in [0.1, 0.15) is 37.7 Å². The number of nitrogens with one attached hydrogen (secondary N) is 2. The molecule has 3 nitrogen and oxygen atoms in total. The van der Waals surface area contributed by atoms with Gasteiger partial charge in [-0.25, -0.2) is 0 Å². The minimum Gasteiger partial charge on any atom is -0.325 e. The van der Waals surface area contributed by atoms with E-state index in [0.29, 0.717) is 6.54 Å². The van der Waals surface area contributed by atoms with Crippen molar-refractivity contribution in [3.8, 4) is 0 Å². The van der Waals surface area contributed by atoms with Gasteiger partial charge in [0.25, 0.3) is 0 Å². The number of carbonyl (C=O) groups excluding carboxylic acids is 1. The van der Waals surface area contributed by atoms with Gasteiger partial charge in [0.05, 0.1) is 6.54 Å². The molecule has 1 amide bonds. The number of halogens is 2. The zero-order valence-corrected chi connectivity index (χ0v) is 14.9. The van der Waals surface area contributed by atoms with Gasteiger partial charge >= 0.3 is 0 Å². The van der Waals surface area contributed by atoms with Crippen molar-refractivity contribution in [3.63, 3.8) is 0 Å². The molecule has 118 valence electrons. The normalized spacial score (nSPS) is 15.3. The summed E-state index contributed by atoms with van der Waals surface area (Å²) in [5, 5.41) is 6.19. The van der Waals surface area contributed by atoms with Gasteiger partial charge in [0, 0.05) is 10.2 Å². The molecule has 1 aliphatic carbocycles. The summed E-state index contributed by atoms with van der Waals surface area (Å²) in [5.41, 5.74) is 2.00. The number of anilines is 1. The fourth-order valence-corrected chi connectivity index (χ4v) is 3.04. The second-order valence-electron chi connectivity index (χ2n) is 5.65. The van der Waals surface area contributed by atoms with Crippen LogP contribution in [0.2, 0.25) is 0 Å². The molecule has 5 heteroatoms. The van der Waals surface area contributed by atoms with Crippen molar-refractivity contribution in [2.45, 2.75) is 39.0 Å². The zero-order valence-electron chi connectivity index (χ0n) is 12.5. The quantitative estimate of drug-likeness (QED) is 0.806. The first-order valence-electron chi connectivity index (χ1n) is 7.42. The average molecular weight is 376 g/mol. The molecule has 0 radical (unpaired) electrons. The lowest BCUT2D eigenvalue weighted by Crippen LogP contribution is -2.32. The number of hydrogen-bond acceptors (Lipinski definition) is 2. The second-order valence-corrected chi connectivity index (χ2v) is 6.50. The van der Waals surface area contributed by atoms with E-state index in [2.05, 4.69) is 26.6 Å². The molecule has 0 aromatic heterocycles. The highest BCUT2D eigenvalue weighted by Crippen LogP contribution is 2.23. The van der Waals surface area contributed by atoms with E-state index >= 15 is 0 Å². The van der Waals surface area contributed by atoms with E-state index in [0.717, 1.165) is 22.6 Å². The highest BCUT2D eigenvalue weighted by molar-refractivity contribution is 9.10. The molecule has 1 saturated carbocycles. The van der Waals surface area contributed by atoms with Gasteiger partial charge in [-0.1, -0.05) is 41.3 Å². The smallest absolute Gasteiger partial charge is 0.238 e. The van der Waals surface area contributed by atoms with E-state index in [4.69, 9.17) is 0 Å². The Balaban J connectivity index is 0.00000220. The number of aryl methyl sites for hydroxylation is 1. The Morgan fingerprint density at radius 2 is 2.00 bits per heavy atom. The predicted molar refractivity (Wildman–Crippen MR) is 94.2 cm³/mol. The van der Waals surface area contributed by atoms with Crippen molar-refractivity contribution < 1.29 is 4.79 Å². The molecule has 0 heterocycles. The minimum atomic E-state index is 0. The lowest BCUT2D eigenvalue weighted by atomic mass is 9.89. The number of benzene rings is 1. The van der Waals surface area contributed by atoms with E-state index < -0.39 is 0 Å². The predicted octanol–water partition coefficient (Wildman–Crippen LogP) is 4.29. The van der Waals surface area contributed by atoms with Crippen molar-refractivity contribution in [1.82, 2.24) is 5.32 Å². The Labute approximate surface area is 141 Å². The highest BCUT2D eigenvalue weighted by atomic mass is 79.9. The first-order chi connectivity index (χ1) is 9.65. The summed E-state index contributed by atoms with van der Waals surface area (Å²) in [6.07, 6.45) is 6.67. The molecule has 0 aliphatic heterocycles. The lowest BCUT2D eigenvalue weighted by Gasteiger charge is -2.21. The molecule has 21 heavy (non-hydrogen) atoms. The monoisotopic (exact) mass is 374 g/mol. The number of hydrogen-bond donors (Lipinski definition) is 2. The second kappa shape index (κ2) is 9.44. The molecule has 2 rings (SSSR count). The van der Waals surface area contributed by atoms with E-state index in [-0.39, 0.29) is 18.3 Å². The minimum absolute atomic E-state index is 0. The molecule has 0 saturated heterocycles. The summed E-state index contributed by atoms with van der Waals surface area (Å²) < 4.78 is 1.02. The molecule has 2 N–H and O–H groups in total. The van der Waals surface area contributed by atoms with Gasteiger partial charge in [-0.3, -0.25) is 4.79 Å². The van der Waals surface area contributed by atoms with Crippen LogP contribution in [-0.4, -0.2) is 19.0 Å². The largest absolute Gasteiger partial charge is 0.325 e. The summed E-state index contributed by atoms with van der Waals surface area (Å²) in [5.74, 6) is 0.779.